The number of hydrogen-bond donors (Lipinski definition) is 0. The topological polar surface area (TPSA) is 21.7 Å². The fourth-order valence-corrected chi connectivity index (χ4v) is 4.55. The summed E-state index contributed by atoms with van der Waals surface area (Å²) in [6.07, 6.45) is 5.77. The second kappa shape index (κ2) is 8.47. The van der Waals surface area contributed by atoms with Gasteiger partial charge in [-0.3, -0.25) is 4.90 Å². The summed E-state index contributed by atoms with van der Waals surface area (Å²) >= 11 is 0. The van der Waals surface area contributed by atoms with E-state index in [1.165, 1.54) is 33.2 Å². The number of nitrogens with zero attached hydrogens (tertiary/aromatic N) is 1. The van der Waals surface area contributed by atoms with Crippen molar-refractivity contribution in [3.63, 3.8) is 0 Å². The Bertz CT molecular complexity index is 1120. The van der Waals surface area contributed by atoms with E-state index in [4.69, 9.17) is 9.47 Å². The summed E-state index contributed by atoms with van der Waals surface area (Å²) in [5.74, 6) is 0.918. The molecule has 0 spiro atoms. The molecule has 0 amide bonds. The maximum absolute atomic E-state index is 5.57. The van der Waals surface area contributed by atoms with Crippen LogP contribution in [-0.4, -0.2) is 44.9 Å². The van der Waals surface area contributed by atoms with Gasteiger partial charge in [0.2, 0.25) is 0 Å². The van der Waals surface area contributed by atoms with Crippen LogP contribution in [0.2, 0.25) is 0 Å². The largest absolute Gasteiger partial charge is 0.496 e. The van der Waals surface area contributed by atoms with E-state index in [0.717, 1.165) is 50.4 Å². The second-order valence-electron chi connectivity index (χ2n) is 7.92. The Hall–Kier alpha value is -2.88. The Morgan fingerprint density at radius 3 is 2.43 bits per heavy atom. The van der Waals surface area contributed by atoms with Crippen molar-refractivity contribution in [2.24, 2.45) is 0 Å². The predicted octanol–water partition coefficient (Wildman–Crippen LogP) is 5.51. The number of benzene rings is 3. The van der Waals surface area contributed by atoms with Crippen LogP contribution in [0.25, 0.3) is 28.0 Å². The number of rotatable bonds is 5. The Morgan fingerprint density at radius 1 is 0.900 bits per heavy atom. The lowest BCUT2D eigenvalue weighted by atomic mass is 9.98. The molecule has 3 nitrogen and oxygen atoms in total. The average molecular weight is 398 g/mol. The molecule has 0 atom stereocenters. The van der Waals surface area contributed by atoms with E-state index in [1.54, 1.807) is 7.11 Å². The van der Waals surface area contributed by atoms with Gasteiger partial charge in [0.15, 0.2) is 0 Å². The molecule has 152 valence electrons. The molecule has 2 aliphatic rings. The summed E-state index contributed by atoms with van der Waals surface area (Å²) < 4.78 is 11.1. The molecule has 1 heterocycles. The number of methoxy groups -OCH3 is 1. The Balaban J connectivity index is 1.50. The highest BCUT2D eigenvalue weighted by Crippen LogP contribution is 2.39. The van der Waals surface area contributed by atoms with Crippen LogP contribution in [0.15, 0.2) is 66.7 Å². The highest BCUT2D eigenvalue weighted by Gasteiger charge is 2.19. The first-order chi connectivity index (χ1) is 14.8. The minimum atomic E-state index is 0.853. The number of fused-ring (bicyclic) bond motifs is 2. The zero-order valence-electron chi connectivity index (χ0n) is 17.4. The summed E-state index contributed by atoms with van der Waals surface area (Å²) in [5, 5.41) is 2.37. The van der Waals surface area contributed by atoms with Crippen LogP contribution in [-0.2, 0) is 4.74 Å². The molecule has 3 aromatic carbocycles. The van der Waals surface area contributed by atoms with Crippen molar-refractivity contribution in [2.45, 2.75) is 6.42 Å². The first-order valence-corrected chi connectivity index (χ1v) is 10.7. The quantitative estimate of drug-likeness (QED) is 0.567. The molecule has 0 aromatic heterocycles. The number of hydrogen-bond acceptors (Lipinski definition) is 3. The molecule has 30 heavy (non-hydrogen) atoms. The van der Waals surface area contributed by atoms with Crippen molar-refractivity contribution in [3.05, 3.63) is 83.4 Å². The number of allylic oxidation sites excluding steroid dienone is 2. The molecule has 0 saturated carbocycles. The predicted molar refractivity (Wildman–Crippen MR) is 125 cm³/mol. The van der Waals surface area contributed by atoms with Crippen molar-refractivity contribution >= 4 is 28.0 Å². The molecule has 1 saturated heterocycles. The van der Waals surface area contributed by atoms with Gasteiger partial charge in [-0.2, -0.15) is 0 Å². The third-order valence-corrected chi connectivity index (χ3v) is 6.16. The van der Waals surface area contributed by atoms with E-state index in [2.05, 4.69) is 77.7 Å². The van der Waals surface area contributed by atoms with Crippen LogP contribution in [0, 0.1) is 0 Å². The molecular weight excluding hydrogens is 370 g/mol. The minimum Gasteiger partial charge on any atom is -0.496 e. The van der Waals surface area contributed by atoms with E-state index in [1.807, 2.05) is 0 Å². The van der Waals surface area contributed by atoms with Gasteiger partial charge in [-0.1, -0.05) is 60.7 Å². The zero-order valence-corrected chi connectivity index (χ0v) is 17.4. The lowest BCUT2D eigenvalue weighted by Gasteiger charge is -2.26. The monoisotopic (exact) mass is 397 g/mol. The van der Waals surface area contributed by atoms with Gasteiger partial charge in [0.05, 0.1) is 20.3 Å². The van der Waals surface area contributed by atoms with E-state index in [9.17, 15) is 0 Å². The summed E-state index contributed by atoms with van der Waals surface area (Å²) in [6, 6.07) is 21.5. The highest BCUT2D eigenvalue weighted by atomic mass is 16.5. The summed E-state index contributed by atoms with van der Waals surface area (Å²) in [7, 11) is 1.73. The lowest BCUT2D eigenvalue weighted by Crippen LogP contribution is -2.36. The van der Waals surface area contributed by atoms with E-state index in [0.29, 0.717) is 0 Å². The third kappa shape index (κ3) is 3.67. The highest BCUT2D eigenvalue weighted by molar-refractivity contribution is 6.05. The molecule has 1 fully saturated rings. The standard InChI is InChI=1S/C27H27NO2/c1-29-27-11-10-20(24-7-4-5-9-26(24)27)18-22-19-21(23-6-2-3-8-25(22)23)12-13-28-14-16-30-17-15-28/h2-11,18-19H,12-17H2,1H3/b22-18+. The average Bonchev–Trinajstić information content (AvgIpc) is 3.16. The van der Waals surface area contributed by atoms with Gasteiger partial charge in [-0.05, 0) is 51.8 Å². The number of ether oxygens (including phenoxy) is 2. The molecule has 5 rings (SSSR count). The van der Waals surface area contributed by atoms with E-state index < -0.39 is 0 Å². The molecule has 3 heteroatoms. The first kappa shape index (κ1) is 19.1. The third-order valence-electron chi connectivity index (χ3n) is 6.16. The molecule has 0 bridgehead atoms. The Morgan fingerprint density at radius 2 is 1.63 bits per heavy atom. The fourth-order valence-electron chi connectivity index (χ4n) is 4.55. The van der Waals surface area contributed by atoms with Crippen molar-refractivity contribution in [3.8, 4) is 5.75 Å². The SMILES string of the molecule is COc1ccc(/C=C2\C=C(CCN3CCOCC3)c3ccccc32)c2ccccc12. The van der Waals surface area contributed by atoms with E-state index in [-0.39, 0.29) is 0 Å². The Labute approximate surface area is 178 Å². The van der Waals surface area contributed by atoms with Crippen LogP contribution in [0.4, 0.5) is 0 Å². The maximum atomic E-state index is 5.57. The zero-order chi connectivity index (χ0) is 20.3. The Kier molecular flexibility index (Phi) is 5.39. The van der Waals surface area contributed by atoms with Crippen LogP contribution < -0.4 is 4.74 Å². The van der Waals surface area contributed by atoms with Crippen molar-refractivity contribution in [1.29, 1.82) is 0 Å². The van der Waals surface area contributed by atoms with Gasteiger partial charge in [-0.15, -0.1) is 0 Å². The van der Waals surface area contributed by atoms with Gasteiger partial charge in [0.25, 0.3) is 0 Å². The number of morpholine rings is 1. The van der Waals surface area contributed by atoms with Crippen molar-refractivity contribution < 1.29 is 9.47 Å². The second-order valence-corrected chi connectivity index (χ2v) is 7.92. The molecule has 0 N–H and O–H groups in total. The first-order valence-electron chi connectivity index (χ1n) is 10.7. The normalized spacial score (nSPS) is 17.9. The van der Waals surface area contributed by atoms with Gasteiger partial charge in [0, 0.05) is 25.0 Å². The fraction of sp³-hybridized carbons (Fsp3) is 0.259. The molecule has 1 aliphatic heterocycles. The maximum Gasteiger partial charge on any atom is 0.126 e. The molecular formula is C27H27NO2. The summed E-state index contributed by atoms with van der Waals surface area (Å²) in [6.45, 7) is 4.86. The van der Waals surface area contributed by atoms with Crippen LogP contribution in [0.3, 0.4) is 0 Å². The van der Waals surface area contributed by atoms with Crippen LogP contribution >= 0.6 is 0 Å². The minimum absolute atomic E-state index is 0.853. The summed E-state index contributed by atoms with van der Waals surface area (Å²) in [4.78, 5) is 2.51. The van der Waals surface area contributed by atoms with Gasteiger partial charge < -0.3 is 9.47 Å². The molecule has 0 unspecified atom stereocenters. The van der Waals surface area contributed by atoms with E-state index >= 15 is 0 Å². The van der Waals surface area contributed by atoms with Crippen molar-refractivity contribution in [1.82, 2.24) is 4.90 Å². The molecule has 3 aromatic rings. The molecule has 0 radical (unpaired) electrons. The van der Waals surface area contributed by atoms with Crippen LogP contribution in [0.1, 0.15) is 23.1 Å². The smallest absolute Gasteiger partial charge is 0.126 e. The van der Waals surface area contributed by atoms with Gasteiger partial charge in [-0.25, -0.2) is 0 Å². The van der Waals surface area contributed by atoms with Crippen LogP contribution in [0.5, 0.6) is 5.75 Å². The van der Waals surface area contributed by atoms with Gasteiger partial charge in [0.1, 0.15) is 5.75 Å². The molecule has 1 aliphatic carbocycles. The van der Waals surface area contributed by atoms with Crippen molar-refractivity contribution in [2.75, 3.05) is 40.0 Å². The lowest BCUT2D eigenvalue weighted by molar-refractivity contribution is 0.0390. The van der Waals surface area contributed by atoms with Gasteiger partial charge >= 0.3 is 0 Å². The summed E-state index contributed by atoms with van der Waals surface area (Å²) in [5.41, 5.74) is 6.64.